The third kappa shape index (κ3) is 3.70. The van der Waals surface area contributed by atoms with Crippen LogP contribution in [0.5, 0.6) is 0 Å². The van der Waals surface area contributed by atoms with Crippen LogP contribution < -0.4 is 5.32 Å². The largest absolute Gasteiger partial charge is 0.352 e. The van der Waals surface area contributed by atoms with E-state index in [4.69, 9.17) is 11.6 Å². The lowest BCUT2D eigenvalue weighted by Gasteiger charge is -2.14. The van der Waals surface area contributed by atoms with E-state index < -0.39 is 0 Å². The van der Waals surface area contributed by atoms with Gasteiger partial charge in [0.15, 0.2) is 0 Å². The lowest BCUT2D eigenvalue weighted by molar-refractivity contribution is -0.128. The van der Waals surface area contributed by atoms with E-state index in [1.54, 1.807) is 4.90 Å². The summed E-state index contributed by atoms with van der Waals surface area (Å²) in [6.45, 7) is 1.63. The summed E-state index contributed by atoms with van der Waals surface area (Å²) >= 11 is 5.51. The number of likely N-dealkylation sites (tertiary alicyclic amines) is 1. The monoisotopic (exact) mass is 280 g/mol. The number of halogens is 1. The number of hydrogen-bond donors (Lipinski definition) is 1. The van der Waals surface area contributed by atoms with Gasteiger partial charge in [-0.15, -0.1) is 11.6 Å². The van der Waals surface area contributed by atoms with Crippen molar-refractivity contribution in [3.05, 3.63) is 35.9 Å². The van der Waals surface area contributed by atoms with Gasteiger partial charge in [-0.1, -0.05) is 30.3 Å². The minimum Gasteiger partial charge on any atom is -0.352 e. The number of benzene rings is 1. The summed E-state index contributed by atoms with van der Waals surface area (Å²) in [6, 6.07) is 9.77. The van der Waals surface area contributed by atoms with Crippen molar-refractivity contribution >= 4 is 23.4 Å². The van der Waals surface area contributed by atoms with Crippen molar-refractivity contribution in [2.24, 2.45) is 5.92 Å². The molecule has 0 spiro atoms. The van der Waals surface area contributed by atoms with Crippen molar-refractivity contribution < 1.29 is 9.59 Å². The Morgan fingerprint density at radius 3 is 2.74 bits per heavy atom. The average molecular weight is 281 g/mol. The zero-order valence-corrected chi connectivity index (χ0v) is 11.4. The van der Waals surface area contributed by atoms with Crippen LogP contribution in [0.1, 0.15) is 12.0 Å². The third-order valence-electron chi connectivity index (χ3n) is 3.34. The molecule has 102 valence electrons. The quantitative estimate of drug-likeness (QED) is 0.848. The average Bonchev–Trinajstić information content (AvgIpc) is 2.95. The van der Waals surface area contributed by atoms with E-state index >= 15 is 0 Å². The van der Waals surface area contributed by atoms with Crippen molar-refractivity contribution in [1.82, 2.24) is 10.2 Å². The number of amides is 2. The summed E-state index contributed by atoms with van der Waals surface area (Å²) in [4.78, 5) is 25.1. The first-order chi connectivity index (χ1) is 9.20. The Hall–Kier alpha value is -1.55. The molecule has 1 atom stereocenters. The van der Waals surface area contributed by atoms with E-state index in [2.05, 4.69) is 5.32 Å². The fraction of sp³-hybridized carbons (Fsp3) is 0.429. The van der Waals surface area contributed by atoms with Gasteiger partial charge in [0, 0.05) is 19.6 Å². The van der Waals surface area contributed by atoms with Crippen LogP contribution in [-0.2, 0) is 16.1 Å². The minimum atomic E-state index is -0.115. The molecule has 1 N–H and O–H groups in total. The molecule has 2 rings (SSSR count). The van der Waals surface area contributed by atoms with E-state index in [-0.39, 0.29) is 23.6 Å². The highest BCUT2D eigenvalue weighted by Crippen LogP contribution is 2.16. The molecule has 1 aromatic carbocycles. The topological polar surface area (TPSA) is 49.4 Å². The Morgan fingerprint density at radius 1 is 1.32 bits per heavy atom. The van der Waals surface area contributed by atoms with Gasteiger partial charge >= 0.3 is 0 Å². The number of nitrogens with zero attached hydrogens (tertiary/aromatic N) is 1. The van der Waals surface area contributed by atoms with E-state index in [1.807, 2.05) is 30.3 Å². The molecule has 0 saturated carbocycles. The molecule has 1 unspecified atom stereocenters. The standard InChI is InChI=1S/C14H17ClN2O2/c15-8-13(18)17-7-6-12(10-17)14(19)16-9-11-4-2-1-3-5-11/h1-5,12H,6-10H2,(H,16,19). The fourth-order valence-electron chi connectivity index (χ4n) is 2.21. The molecule has 0 aliphatic carbocycles. The van der Waals surface area contributed by atoms with E-state index in [9.17, 15) is 9.59 Å². The molecule has 5 heteroatoms. The number of carbonyl (C=O) groups excluding carboxylic acids is 2. The van der Waals surface area contributed by atoms with Crippen molar-refractivity contribution in [3.8, 4) is 0 Å². The number of carbonyl (C=O) groups is 2. The molecule has 0 aromatic heterocycles. The van der Waals surface area contributed by atoms with Crippen LogP contribution in [0.2, 0.25) is 0 Å². The van der Waals surface area contributed by atoms with Gasteiger partial charge in [-0.25, -0.2) is 0 Å². The summed E-state index contributed by atoms with van der Waals surface area (Å²) in [6.07, 6.45) is 0.712. The van der Waals surface area contributed by atoms with Crippen LogP contribution in [0.4, 0.5) is 0 Å². The normalized spacial score (nSPS) is 18.4. The molecule has 19 heavy (non-hydrogen) atoms. The van der Waals surface area contributed by atoms with E-state index in [0.717, 1.165) is 5.56 Å². The Labute approximate surface area is 117 Å². The molecule has 2 amide bonds. The zero-order valence-electron chi connectivity index (χ0n) is 10.6. The van der Waals surface area contributed by atoms with Crippen LogP contribution >= 0.6 is 11.6 Å². The molecule has 1 saturated heterocycles. The first-order valence-electron chi connectivity index (χ1n) is 6.36. The van der Waals surface area contributed by atoms with Gasteiger partial charge in [0.2, 0.25) is 11.8 Å². The molecule has 1 aromatic rings. The Bertz CT molecular complexity index is 450. The van der Waals surface area contributed by atoms with Crippen LogP contribution in [0.3, 0.4) is 0 Å². The van der Waals surface area contributed by atoms with Crippen molar-refractivity contribution in [1.29, 1.82) is 0 Å². The van der Waals surface area contributed by atoms with E-state index in [0.29, 0.717) is 26.1 Å². The maximum Gasteiger partial charge on any atom is 0.237 e. The molecule has 4 nitrogen and oxygen atoms in total. The van der Waals surface area contributed by atoms with Crippen LogP contribution in [-0.4, -0.2) is 35.7 Å². The highest BCUT2D eigenvalue weighted by atomic mass is 35.5. The summed E-state index contributed by atoms with van der Waals surface area (Å²) in [5.74, 6) is -0.220. The summed E-state index contributed by atoms with van der Waals surface area (Å²) in [7, 11) is 0. The van der Waals surface area contributed by atoms with Gasteiger partial charge in [0.25, 0.3) is 0 Å². The second-order valence-electron chi connectivity index (χ2n) is 4.66. The zero-order chi connectivity index (χ0) is 13.7. The smallest absolute Gasteiger partial charge is 0.237 e. The molecule has 0 bridgehead atoms. The second kappa shape index (κ2) is 6.57. The van der Waals surface area contributed by atoms with Gasteiger partial charge < -0.3 is 10.2 Å². The SMILES string of the molecule is O=C(NCc1ccccc1)C1CCN(C(=O)CCl)C1. The van der Waals surface area contributed by atoms with Crippen LogP contribution in [0.25, 0.3) is 0 Å². The first kappa shape index (κ1) is 13.9. The van der Waals surface area contributed by atoms with Crippen LogP contribution in [0.15, 0.2) is 30.3 Å². The molecule has 1 fully saturated rings. The second-order valence-corrected chi connectivity index (χ2v) is 4.93. The number of alkyl halides is 1. The Balaban J connectivity index is 1.80. The predicted octanol–water partition coefficient (Wildman–Crippen LogP) is 1.39. The Kier molecular flexibility index (Phi) is 4.80. The number of hydrogen-bond acceptors (Lipinski definition) is 2. The van der Waals surface area contributed by atoms with Gasteiger partial charge in [0.05, 0.1) is 5.92 Å². The van der Waals surface area contributed by atoms with Crippen molar-refractivity contribution in [3.63, 3.8) is 0 Å². The lowest BCUT2D eigenvalue weighted by Crippen LogP contribution is -2.34. The van der Waals surface area contributed by atoms with Crippen molar-refractivity contribution in [2.75, 3.05) is 19.0 Å². The maximum absolute atomic E-state index is 12.0. The molecular formula is C14H17ClN2O2. The van der Waals surface area contributed by atoms with Crippen molar-refractivity contribution in [2.45, 2.75) is 13.0 Å². The number of rotatable bonds is 4. The maximum atomic E-state index is 12.0. The molecular weight excluding hydrogens is 264 g/mol. The van der Waals surface area contributed by atoms with Gasteiger partial charge in [-0.3, -0.25) is 9.59 Å². The minimum absolute atomic E-state index is 0.00808. The van der Waals surface area contributed by atoms with E-state index in [1.165, 1.54) is 0 Å². The van der Waals surface area contributed by atoms with Crippen LogP contribution in [0, 0.1) is 5.92 Å². The molecule has 1 heterocycles. The predicted molar refractivity (Wildman–Crippen MR) is 73.7 cm³/mol. The first-order valence-corrected chi connectivity index (χ1v) is 6.89. The molecule has 0 radical (unpaired) electrons. The van der Waals surface area contributed by atoms with Gasteiger partial charge in [-0.05, 0) is 12.0 Å². The molecule has 1 aliphatic rings. The summed E-state index contributed by atoms with van der Waals surface area (Å²) in [5.41, 5.74) is 1.07. The summed E-state index contributed by atoms with van der Waals surface area (Å²) in [5, 5.41) is 2.91. The summed E-state index contributed by atoms with van der Waals surface area (Å²) < 4.78 is 0. The third-order valence-corrected chi connectivity index (χ3v) is 3.56. The number of nitrogens with one attached hydrogen (secondary N) is 1. The highest BCUT2D eigenvalue weighted by Gasteiger charge is 2.30. The fourth-order valence-corrected chi connectivity index (χ4v) is 2.38. The van der Waals surface area contributed by atoms with Gasteiger partial charge in [-0.2, -0.15) is 0 Å². The highest BCUT2D eigenvalue weighted by molar-refractivity contribution is 6.27. The van der Waals surface area contributed by atoms with Gasteiger partial charge in [0.1, 0.15) is 5.88 Å². The lowest BCUT2D eigenvalue weighted by atomic mass is 10.1. The molecule has 1 aliphatic heterocycles. The Morgan fingerprint density at radius 2 is 2.05 bits per heavy atom.